The van der Waals surface area contributed by atoms with Crippen LogP contribution in [0.4, 0.5) is 18.0 Å². The molecule has 2 rings (SSSR count). The molecule has 1 aliphatic heterocycles. The topological polar surface area (TPSA) is 69.6 Å². The first-order valence-electron chi connectivity index (χ1n) is 8.61. The van der Waals surface area contributed by atoms with E-state index in [2.05, 4.69) is 5.32 Å². The van der Waals surface area contributed by atoms with Gasteiger partial charge in [-0.1, -0.05) is 32.1 Å². The van der Waals surface area contributed by atoms with Crippen LogP contribution >= 0.6 is 0 Å². The van der Waals surface area contributed by atoms with Gasteiger partial charge in [-0.2, -0.15) is 13.2 Å². The Kier molecular flexibility index (Phi) is 6.34. The lowest BCUT2D eigenvalue weighted by Crippen LogP contribution is -2.40. The first-order valence-corrected chi connectivity index (χ1v) is 8.61. The number of alkyl halides is 3. The summed E-state index contributed by atoms with van der Waals surface area (Å²) < 4.78 is 38.7. The van der Waals surface area contributed by atoms with Crippen LogP contribution < -0.4 is 5.32 Å². The smallest absolute Gasteiger partial charge is 0.394 e. The van der Waals surface area contributed by atoms with Crippen molar-refractivity contribution in [3.8, 4) is 0 Å². The summed E-state index contributed by atoms with van der Waals surface area (Å²) in [6.45, 7) is -0.566. The summed E-state index contributed by atoms with van der Waals surface area (Å²) in [5, 5.41) is 11.6. The molecular formula is C16H25F3N2O3. The van der Waals surface area contributed by atoms with Crippen LogP contribution in [0, 0.1) is 17.8 Å². The van der Waals surface area contributed by atoms with Crippen molar-refractivity contribution >= 4 is 12.0 Å². The molecule has 1 saturated heterocycles. The number of carboxylic acids is 1. The molecule has 2 N–H and O–H groups in total. The molecule has 2 atom stereocenters. The Labute approximate surface area is 139 Å². The van der Waals surface area contributed by atoms with Crippen LogP contribution in [0.15, 0.2) is 0 Å². The number of nitrogens with one attached hydrogen (secondary N) is 1. The summed E-state index contributed by atoms with van der Waals surface area (Å²) in [5.74, 6) is -4.40. The maximum atomic E-state index is 12.9. The number of likely N-dealkylation sites (tertiary alicyclic amines) is 1. The molecule has 0 radical (unpaired) electrons. The highest BCUT2D eigenvalue weighted by Crippen LogP contribution is 2.37. The molecule has 2 fully saturated rings. The number of aliphatic carboxylic acids is 1. The fourth-order valence-electron chi connectivity index (χ4n) is 3.73. The van der Waals surface area contributed by atoms with Gasteiger partial charge in [-0.05, 0) is 18.8 Å². The highest BCUT2D eigenvalue weighted by atomic mass is 19.4. The van der Waals surface area contributed by atoms with Crippen molar-refractivity contribution in [2.24, 2.45) is 17.8 Å². The number of amides is 2. The van der Waals surface area contributed by atoms with Crippen LogP contribution in [0.2, 0.25) is 0 Å². The zero-order chi connectivity index (χ0) is 17.7. The third kappa shape index (κ3) is 5.01. The average Bonchev–Trinajstić information content (AvgIpc) is 2.98. The van der Waals surface area contributed by atoms with Crippen LogP contribution in [-0.4, -0.2) is 47.8 Å². The molecule has 138 valence electrons. The van der Waals surface area contributed by atoms with E-state index in [1.807, 2.05) is 0 Å². The Bertz CT molecular complexity index is 450. The molecule has 0 aromatic rings. The molecule has 24 heavy (non-hydrogen) atoms. The quantitative estimate of drug-likeness (QED) is 0.748. The minimum Gasteiger partial charge on any atom is -0.481 e. The summed E-state index contributed by atoms with van der Waals surface area (Å²) >= 11 is 0. The second-order valence-electron chi connectivity index (χ2n) is 6.88. The average molecular weight is 350 g/mol. The molecule has 2 amide bonds. The summed E-state index contributed by atoms with van der Waals surface area (Å²) in [5.41, 5.74) is 0. The van der Waals surface area contributed by atoms with E-state index < -0.39 is 43.1 Å². The van der Waals surface area contributed by atoms with Crippen LogP contribution in [0.1, 0.15) is 44.9 Å². The van der Waals surface area contributed by atoms with Crippen molar-refractivity contribution in [1.82, 2.24) is 10.2 Å². The van der Waals surface area contributed by atoms with Gasteiger partial charge in [0.1, 0.15) is 0 Å². The Morgan fingerprint density at radius 2 is 1.79 bits per heavy atom. The van der Waals surface area contributed by atoms with Gasteiger partial charge in [0, 0.05) is 19.6 Å². The summed E-state index contributed by atoms with van der Waals surface area (Å²) in [6, 6.07) is -0.600. The van der Waals surface area contributed by atoms with Gasteiger partial charge in [0.15, 0.2) is 0 Å². The number of urea groups is 1. The van der Waals surface area contributed by atoms with E-state index in [0.29, 0.717) is 12.5 Å². The molecule has 1 heterocycles. The van der Waals surface area contributed by atoms with E-state index in [1.54, 1.807) is 0 Å². The molecule has 1 aliphatic carbocycles. The number of rotatable bonds is 5. The Morgan fingerprint density at radius 1 is 1.12 bits per heavy atom. The lowest BCUT2D eigenvalue weighted by molar-refractivity contribution is -0.187. The van der Waals surface area contributed by atoms with Gasteiger partial charge in [0.25, 0.3) is 0 Å². The number of carbonyl (C=O) groups is 2. The van der Waals surface area contributed by atoms with Gasteiger partial charge in [0.05, 0.1) is 11.8 Å². The van der Waals surface area contributed by atoms with E-state index in [4.69, 9.17) is 5.11 Å². The van der Waals surface area contributed by atoms with E-state index in [1.165, 1.54) is 32.1 Å². The predicted octanol–water partition coefficient (Wildman–Crippen LogP) is 3.25. The Balaban J connectivity index is 1.75. The van der Waals surface area contributed by atoms with Crippen molar-refractivity contribution < 1.29 is 27.9 Å². The molecule has 0 aromatic heterocycles. The molecule has 0 bridgehead atoms. The number of carboxylic acid groups (broad SMARTS) is 1. The third-order valence-corrected chi connectivity index (χ3v) is 5.13. The minimum atomic E-state index is -4.61. The second kappa shape index (κ2) is 8.07. The van der Waals surface area contributed by atoms with Gasteiger partial charge in [-0.15, -0.1) is 0 Å². The molecule has 0 spiro atoms. The monoisotopic (exact) mass is 350 g/mol. The molecule has 1 saturated carbocycles. The Hall–Kier alpha value is -1.47. The van der Waals surface area contributed by atoms with Crippen molar-refractivity contribution in [1.29, 1.82) is 0 Å². The Morgan fingerprint density at radius 3 is 2.33 bits per heavy atom. The third-order valence-electron chi connectivity index (χ3n) is 5.13. The van der Waals surface area contributed by atoms with E-state index >= 15 is 0 Å². The fourth-order valence-corrected chi connectivity index (χ4v) is 3.73. The van der Waals surface area contributed by atoms with Crippen molar-refractivity contribution in [3.63, 3.8) is 0 Å². The van der Waals surface area contributed by atoms with Gasteiger partial charge < -0.3 is 15.3 Å². The fraction of sp³-hybridized carbons (Fsp3) is 0.875. The molecular weight excluding hydrogens is 325 g/mol. The standard InChI is InChI=1S/C16H25F3N2O3/c17-16(18,19)13-10-21(9-12(13)14(22)23)15(24)20-8-4-7-11-5-2-1-3-6-11/h11-13H,1-10H2,(H,20,24)(H,22,23)/t12-,13-/m1/s1. The maximum absolute atomic E-state index is 12.9. The van der Waals surface area contributed by atoms with Crippen LogP contribution in [-0.2, 0) is 4.79 Å². The van der Waals surface area contributed by atoms with E-state index in [9.17, 15) is 22.8 Å². The number of nitrogens with zero attached hydrogens (tertiary/aromatic N) is 1. The number of halogens is 3. The number of hydrogen-bond acceptors (Lipinski definition) is 2. The minimum absolute atomic E-state index is 0.395. The zero-order valence-electron chi connectivity index (χ0n) is 13.6. The van der Waals surface area contributed by atoms with Crippen molar-refractivity contribution in [3.05, 3.63) is 0 Å². The van der Waals surface area contributed by atoms with Crippen LogP contribution in [0.5, 0.6) is 0 Å². The van der Waals surface area contributed by atoms with Gasteiger partial charge in [-0.25, -0.2) is 4.79 Å². The zero-order valence-corrected chi connectivity index (χ0v) is 13.6. The largest absolute Gasteiger partial charge is 0.481 e. The highest BCUT2D eigenvalue weighted by Gasteiger charge is 2.53. The highest BCUT2D eigenvalue weighted by molar-refractivity contribution is 5.77. The van der Waals surface area contributed by atoms with Crippen molar-refractivity contribution in [2.75, 3.05) is 19.6 Å². The van der Waals surface area contributed by atoms with Gasteiger partial charge >= 0.3 is 18.2 Å². The summed E-state index contributed by atoms with van der Waals surface area (Å²) in [4.78, 5) is 24.0. The van der Waals surface area contributed by atoms with Gasteiger partial charge in [-0.3, -0.25) is 4.79 Å². The van der Waals surface area contributed by atoms with Crippen LogP contribution in [0.25, 0.3) is 0 Å². The lowest BCUT2D eigenvalue weighted by atomic mass is 9.86. The van der Waals surface area contributed by atoms with E-state index in [0.717, 1.165) is 17.7 Å². The summed E-state index contributed by atoms with van der Waals surface area (Å²) in [6.07, 6.45) is 3.42. The summed E-state index contributed by atoms with van der Waals surface area (Å²) in [7, 11) is 0. The lowest BCUT2D eigenvalue weighted by Gasteiger charge is -2.22. The maximum Gasteiger partial charge on any atom is 0.394 e. The normalized spacial score (nSPS) is 25.7. The van der Waals surface area contributed by atoms with Gasteiger partial charge in [0.2, 0.25) is 0 Å². The number of hydrogen-bond donors (Lipinski definition) is 2. The molecule has 0 unspecified atom stereocenters. The first kappa shape index (κ1) is 18.9. The predicted molar refractivity (Wildman–Crippen MR) is 81.5 cm³/mol. The molecule has 8 heteroatoms. The second-order valence-corrected chi connectivity index (χ2v) is 6.88. The SMILES string of the molecule is O=C(O)[C@@H]1CN(C(=O)NCCCC2CCCCC2)C[C@H]1C(F)(F)F. The number of carbonyl (C=O) groups excluding carboxylic acids is 1. The molecule has 2 aliphatic rings. The van der Waals surface area contributed by atoms with Crippen molar-refractivity contribution in [2.45, 2.75) is 51.1 Å². The molecule has 0 aromatic carbocycles. The molecule has 5 nitrogen and oxygen atoms in total. The first-order chi connectivity index (χ1) is 11.3. The van der Waals surface area contributed by atoms with Crippen LogP contribution in [0.3, 0.4) is 0 Å². The van der Waals surface area contributed by atoms with E-state index in [-0.39, 0.29) is 0 Å².